The molecule has 1 rings (SSSR count). The van der Waals surface area contributed by atoms with Crippen LogP contribution in [0.3, 0.4) is 0 Å². The van der Waals surface area contributed by atoms with E-state index in [1.54, 1.807) is 0 Å². The Kier molecular flexibility index (Phi) is 1.87. The van der Waals surface area contributed by atoms with E-state index in [0.29, 0.717) is 0 Å². The van der Waals surface area contributed by atoms with Gasteiger partial charge in [-0.2, -0.15) is 0 Å². The molecular weight excluding hydrogens is 154 g/mol. The minimum Gasteiger partial charge on any atom is -0.244 e. The molecule has 1 heterocycles. The zero-order chi connectivity index (χ0) is 7.56. The highest BCUT2D eigenvalue weighted by molar-refractivity contribution is 6.32. The lowest BCUT2D eigenvalue weighted by Crippen LogP contribution is -1.95. The minimum absolute atomic E-state index is 0.0394. The van der Waals surface area contributed by atoms with Crippen LogP contribution in [-0.4, -0.2) is 11.0 Å². The van der Waals surface area contributed by atoms with Crippen LogP contribution in [0.2, 0.25) is 5.15 Å². The third-order valence-electron chi connectivity index (χ3n) is 0.979. The van der Waals surface area contributed by atoms with Gasteiger partial charge in [0, 0.05) is 6.20 Å². The monoisotopic (exact) mass is 156 g/mol. The van der Waals surface area contributed by atoms with Crippen LogP contribution in [0.4, 0.5) is 0 Å². The number of carbonyl (C=O) groups excluding carboxylic acids is 1. The average Bonchev–Trinajstić information content (AvgIpc) is 1.88. The highest BCUT2D eigenvalue weighted by atomic mass is 35.5. The van der Waals surface area contributed by atoms with Crippen LogP contribution in [0.25, 0.3) is 0 Å². The molecule has 1 aromatic rings. The van der Waals surface area contributed by atoms with E-state index in [2.05, 4.69) is 4.98 Å². The van der Waals surface area contributed by atoms with Gasteiger partial charge in [0.1, 0.15) is 10.7 Å². The summed E-state index contributed by atoms with van der Waals surface area (Å²) in [5.74, 6) is -1.31. The van der Waals surface area contributed by atoms with Crippen LogP contribution in [0.1, 0.15) is 10.4 Å². The SMILES string of the molecule is [O]C(=O)c1cccnc1Cl. The molecule has 0 bridgehead atoms. The summed E-state index contributed by atoms with van der Waals surface area (Å²) in [7, 11) is 0. The Hall–Kier alpha value is -1.09. The van der Waals surface area contributed by atoms with Gasteiger partial charge in [0.2, 0.25) is 0 Å². The number of carbonyl (C=O) groups is 1. The van der Waals surface area contributed by atoms with E-state index in [4.69, 9.17) is 11.6 Å². The fourth-order valence-corrected chi connectivity index (χ4v) is 0.735. The molecule has 51 valence electrons. The molecule has 0 aromatic carbocycles. The number of halogens is 1. The fourth-order valence-electron chi connectivity index (χ4n) is 0.538. The molecule has 0 saturated carbocycles. The molecular formula is C6H3ClNO2. The molecule has 4 heteroatoms. The largest absolute Gasteiger partial charge is 0.389 e. The van der Waals surface area contributed by atoms with Gasteiger partial charge in [-0.25, -0.2) is 14.9 Å². The molecule has 10 heavy (non-hydrogen) atoms. The van der Waals surface area contributed by atoms with Crippen LogP contribution in [-0.2, 0) is 5.11 Å². The summed E-state index contributed by atoms with van der Waals surface area (Å²) in [6.45, 7) is 0. The van der Waals surface area contributed by atoms with Crippen molar-refractivity contribution in [3.63, 3.8) is 0 Å². The first-order chi connectivity index (χ1) is 4.72. The zero-order valence-corrected chi connectivity index (χ0v) is 5.63. The number of hydrogen-bond donors (Lipinski definition) is 0. The van der Waals surface area contributed by atoms with Gasteiger partial charge in [0.25, 0.3) is 0 Å². The summed E-state index contributed by atoms with van der Waals surface area (Å²) in [5.41, 5.74) is -0.0795. The number of nitrogens with zero attached hydrogens (tertiary/aromatic N) is 1. The Morgan fingerprint density at radius 3 is 2.70 bits per heavy atom. The van der Waals surface area contributed by atoms with Crippen LogP contribution in [0.5, 0.6) is 0 Å². The van der Waals surface area contributed by atoms with Gasteiger partial charge in [-0.15, -0.1) is 0 Å². The molecule has 0 aliphatic rings. The van der Waals surface area contributed by atoms with E-state index >= 15 is 0 Å². The number of aromatic nitrogens is 1. The summed E-state index contributed by atoms with van der Waals surface area (Å²) >= 11 is 5.39. The van der Waals surface area contributed by atoms with Crippen molar-refractivity contribution in [2.75, 3.05) is 0 Å². The molecule has 0 atom stereocenters. The Balaban J connectivity index is 3.15. The first-order valence-corrected chi connectivity index (χ1v) is 2.91. The van der Waals surface area contributed by atoms with E-state index < -0.39 is 5.97 Å². The zero-order valence-electron chi connectivity index (χ0n) is 4.87. The maximum absolute atomic E-state index is 10.2. The third kappa shape index (κ3) is 1.25. The van der Waals surface area contributed by atoms with Crippen LogP contribution in [0, 0.1) is 0 Å². The average molecular weight is 157 g/mol. The number of rotatable bonds is 1. The quantitative estimate of drug-likeness (QED) is 0.576. The standard InChI is InChI=1S/C6H3ClNO2/c7-5-4(6(9)10)2-1-3-8-5/h1-3H. The predicted molar refractivity (Wildman–Crippen MR) is 34.3 cm³/mol. The summed E-state index contributed by atoms with van der Waals surface area (Å²) < 4.78 is 0. The predicted octanol–water partition coefficient (Wildman–Crippen LogP) is 1.31. The van der Waals surface area contributed by atoms with E-state index in [-0.39, 0.29) is 10.7 Å². The first kappa shape index (κ1) is 7.02. The van der Waals surface area contributed by atoms with Crippen molar-refractivity contribution >= 4 is 17.6 Å². The van der Waals surface area contributed by atoms with Gasteiger partial charge < -0.3 is 0 Å². The lowest BCUT2D eigenvalue weighted by molar-refractivity contribution is 0.0573. The van der Waals surface area contributed by atoms with E-state index in [9.17, 15) is 9.90 Å². The van der Waals surface area contributed by atoms with Crippen molar-refractivity contribution in [1.82, 2.24) is 4.98 Å². The van der Waals surface area contributed by atoms with Crippen molar-refractivity contribution in [3.8, 4) is 0 Å². The first-order valence-electron chi connectivity index (χ1n) is 2.53. The van der Waals surface area contributed by atoms with Gasteiger partial charge in [-0.1, -0.05) is 11.6 Å². The van der Waals surface area contributed by atoms with E-state index in [1.807, 2.05) is 0 Å². The number of hydrogen-bond acceptors (Lipinski definition) is 2. The second-order valence-corrected chi connectivity index (χ2v) is 1.99. The second kappa shape index (κ2) is 2.66. The van der Waals surface area contributed by atoms with Crippen molar-refractivity contribution in [3.05, 3.63) is 29.0 Å². The molecule has 0 saturated heterocycles. The van der Waals surface area contributed by atoms with Gasteiger partial charge in [-0.3, -0.25) is 0 Å². The third-order valence-corrected chi connectivity index (χ3v) is 1.28. The highest BCUT2D eigenvalue weighted by Gasteiger charge is 2.08. The van der Waals surface area contributed by atoms with Gasteiger partial charge in [-0.05, 0) is 12.1 Å². The molecule has 0 fully saturated rings. The Morgan fingerprint density at radius 2 is 2.30 bits per heavy atom. The van der Waals surface area contributed by atoms with Crippen molar-refractivity contribution in [2.24, 2.45) is 0 Å². The summed E-state index contributed by atoms with van der Waals surface area (Å²) in [4.78, 5) is 13.7. The van der Waals surface area contributed by atoms with Crippen LogP contribution >= 0.6 is 11.6 Å². The normalized spacial score (nSPS) is 9.30. The number of pyridine rings is 1. The molecule has 1 radical (unpaired) electrons. The van der Waals surface area contributed by atoms with Crippen LogP contribution < -0.4 is 0 Å². The molecule has 0 spiro atoms. The Morgan fingerprint density at radius 1 is 1.60 bits per heavy atom. The lowest BCUT2D eigenvalue weighted by Gasteiger charge is -1.91. The molecule has 3 nitrogen and oxygen atoms in total. The fraction of sp³-hybridized carbons (Fsp3) is 0. The summed E-state index contributed by atoms with van der Waals surface area (Å²) in [5, 5.41) is 10.1. The molecule has 0 aliphatic carbocycles. The van der Waals surface area contributed by atoms with Gasteiger partial charge in [0.15, 0.2) is 0 Å². The summed E-state index contributed by atoms with van der Waals surface area (Å²) in [6, 6.07) is 2.82. The second-order valence-electron chi connectivity index (χ2n) is 1.63. The van der Waals surface area contributed by atoms with E-state index in [0.717, 1.165) is 0 Å². The Labute approximate surface area is 62.3 Å². The molecule has 1 aromatic heterocycles. The highest BCUT2D eigenvalue weighted by Crippen LogP contribution is 2.10. The topological polar surface area (TPSA) is 49.9 Å². The van der Waals surface area contributed by atoms with E-state index in [1.165, 1.54) is 18.3 Å². The molecule has 0 aliphatic heterocycles. The Bertz CT molecular complexity index is 262. The maximum Gasteiger partial charge on any atom is 0.389 e. The van der Waals surface area contributed by atoms with Gasteiger partial charge >= 0.3 is 5.97 Å². The smallest absolute Gasteiger partial charge is 0.244 e. The van der Waals surface area contributed by atoms with Crippen molar-refractivity contribution < 1.29 is 9.90 Å². The van der Waals surface area contributed by atoms with Crippen molar-refractivity contribution in [2.45, 2.75) is 0 Å². The van der Waals surface area contributed by atoms with Crippen molar-refractivity contribution in [1.29, 1.82) is 0 Å². The lowest BCUT2D eigenvalue weighted by atomic mass is 10.3. The maximum atomic E-state index is 10.2. The minimum atomic E-state index is -1.31. The van der Waals surface area contributed by atoms with Gasteiger partial charge in [0.05, 0.1) is 0 Å². The van der Waals surface area contributed by atoms with Crippen LogP contribution in [0.15, 0.2) is 18.3 Å². The summed E-state index contributed by atoms with van der Waals surface area (Å²) in [6.07, 6.45) is 1.41. The molecule has 0 N–H and O–H groups in total. The molecule has 0 unspecified atom stereocenters. The molecule has 0 amide bonds.